The van der Waals surface area contributed by atoms with Crippen LogP contribution < -0.4 is 5.32 Å². The first-order valence-corrected chi connectivity index (χ1v) is 9.26. The maximum atomic E-state index is 12.5. The van der Waals surface area contributed by atoms with Crippen LogP contribution in [0.4, 0.5) is 4.79 Å². The van der Waals surface area contributed by atoms with Crippen molar-refractivity contribution < 1.29 is 4.79 Å². The van der Waals surface area contributed by atoms with Gasteiger partial charge in [0.05, 0.1) is 0 Å². The summed E-state index contributed by atoms with van der Waals surface area (Å²) >= 11 is 0. The average molecular weight is 348 g/mol. The summed E-state index contributed by atoms with van der Waals surface area (Å²) in [5.41, 5.74) is 1.16. The summed E-state index contributed by atoms with van der Waals surface area (Å²) in [5.74, 6) is 0.594. The normalized spacial score (nSPS) is 15.3. The molecule has 5 nitrogen and oxygen atoms in total. The van der Waals surface area contributed by atoms with Gasteiger partial charge in [-0.05, 0) is 41.2 Å². The minimum Gasteiger partial charge on any atom is -0.334 e. The zero-order valence-corrected chi connectivity index (χ0v) is 14.8. The number of benzene rings is 2. The van der Waals surface area contributed by atoms with Gasteiger partial charge >= 0.3 is 6.03 Å². The zero-order valence-electron chi connectivity index (χ0n) is 14.8. The van der Waals surface area contributed by atoms with E-state index in [9.17, 15) is 4.79 Å². The third-order valence-corrected chi connectivity index (χ3v) is 5.22. The summed E-state index contributed by atoms with van der Waals surface area (Å²) in [5, 5.41) is 9.78. The Morgan fingerprint density at radius 3 is 2.69 bits per heavy atom. The van der Waals surface area contributed by atoms with Crippen molar-refractivity contribution in [3.05, 3.63) is 66.5 Å². The highest BCUT2D eigenvalue weighted by Crippen LogP contribution is 2.20. The van der Waals surface area contributed by atoms with Gasteiger partial charge in [0.25, 0.3) is 0 Å². The predicted molar refractivity (Wildman–Crippen MR) is 103 cm³/mol. The molecule has 0 unspecified atom stereocenters. The molecular weight excluding hydrogens is 324 g/mol. The molecule has 4 rings (SSSR count). The van der Waals surface area contributed by atoms with Crippen LogP contribution in [-0.2, 0) is 13.1 Å². The van der Waals surface area contributed by atoms with Gasteiger partial charge in [-0.1, -0.05) is 42.5 Å². The zero-order chi connectivity index (χ0) is 17.8. The van der Waals surface area contributed by atoms with Crippen molar-refractivity contribution in [2.24, 2.45) is 5.92 Å². The van der Waals surface area contributed by atoms with Crippen molar-refractivity contribution in [1.82, 2.24) is 20.0 Å². The first-order chi connectivity index (χ1) is 12.8. The van der Waals surface area contributed by atoms with Crippen LogP contribution in [0.1, 0.15) is 18.4 Å². The first kappa shape index (κ1) is 16.6. The van der Waals surface area contributed by atoms with Gasteiger partial charge in [0.15, 0.2) is 0 Å². The molecule has 0 spiro atoms. The largest absolute Gasteiger partial charge is 0.334 e. The van der Waals surface area contributed by atoms with Crippen molar-refractivity contribution in [3.8, 4) is 0 Å². The Labute approximate surface area is 153 Å². The third kappa shape index (κ3) is 3.72. The van der Waals surface area contributed by atoms with E-state index in [1.807, 2.05) is 46.2 Å². The summed E-state index contributed by atoms with van der Waals surface area (Å²) in [4.78, 5) is 14.5. The van der Waals surface area contributed by atoms with Gasteiger partial charge in [-0.3, -0.25) is 4.68 Å². The molecule has 0 atom stereocenters. The summed E-state index contributed by atoms with van der Waals surface area (Å²) in [7, 11) is 0. The Balaban J connectivity index is 1.30. The number of amides is 2. The lowest BCUT2D eigenvalue weighted by Crippen LogP contribution is -2.44. The van der Waals surface area contributed by atoms with Gasteiger partial charge < -0.3 is 10.2 Å². The molecule has 0 saturated carbocycles. The van der Waals surface area contributed by atoms with Crippen LogP contribution in [-0.4, -0.2) is 33.8 Å². The number of fused-ring (bicyclic) bond motifs is 1. The van der Waals surface area contributed by atoms with Gasteiger partial charge in [0.1, 0.15) is 0 Å². The number of nitrogens with zero attached hydrogens (tertiary/aromatic N) is 3. The SMILES string of the molecule is O=C(NCc1cccc2ccccc12)N1CCC(Cn2cccn2)CC1. The monoisotopic (exact) mass is 348 g/mol. The third-order valence-electron chi connectivity index (χ3n) is 5.22. The first-order valence-electron chi connectivity index (χ1n) is 9.26. The lowest BCUT2D eigenvalue weighted by molar-refractivity contribution is 0.164. The molecule has 1 aliphatic rings. The second-order valence-corrected chi connectivity index (χ2v) is 6.96. The molecule has 5 heteroatoms. The Morgan fingerprint density at radius 1 is 1.08 bits per heavy atom. The number of likely N-dealkylation sites (tertiary alicyclic amines) is 1. The smallest absolute Gasteiger partial charge is 0.317 e. The lowest BCUT2D eigenvalue weighted by atomic mass is 9.97. The number of hydrogen-bond acceptors (Lipinski definition) is 2. The molecule has 0 radical (unpaired) electrons. The maximum Gasteiger partial charge on any atom is 0.317 e. The van der Waals surface area contributed by atoms with Crippen LogP contribution in [0.25, 0.3) is 10.8 Å². The van der Waals surface area contributed by atoms with E-state index in [0.29, 0.717) is 12.5 Å². The number of piperidine rings is 1. The molecular formula is C21H24N4O. The van der Waals surface area contributed by atoms with Crippen LogP contribution in [0.3, 0.4) is 0 Å². The summed E-state index contributed by atoms with van der Waals surface area (Å²) in [6.45, 7) is 3.13. The van der Waals surface area contributed by atoms with Crippen molar-refractivity contribution in [2.75, 3.05) is 13.1 Å². The lowest BCUT2D eigenvalue weighted by Gasteiger charge is -2.32. The molecule has 2 heterocycles. The second kappa shape index (κ2) is 7.60. The van der Waals surface area contributed by atoms with E-state index < -0.39 is 0 Å². The predicted octanol–water partition coefficient (Wildman–Crippen LogP) is 3.66. The van der Waals surface area contributed by atoms with Crippen molar-refractivity contribution in [1.29, 1.82) is 0 Å². The van der Waals surface area contributed by atoms with Crippen LogP contribution in [0, 0.1) is 5.92 Å². The minimum atomic E-state index is 0.0375. The van der Waals surface area contributed by atoms with Crippen LogP contribution in [0.5, 0.6) is 0 Å². The highest BCUT2D eigenvalue weighted by Gasteiger charge is 2.23. The number of nitrogens with one attached hydrogen (secondary N) is 1. The molecule has 3 aromatic rings. The quantitative estimate of drug-likeness (QED) is 0.782. The van der Waals surface area contributed by atoms with E-state index in [2.05, 4.69) is 34.7 Å². The Hall–Kier alpha value is -2.82. The van der Waals surface area contributed by atoms with E-state index in [4.69, 9.17) is 0 Å². The van der Waals surface area contributed by atoms with Gasteiger partial charge in [0, 0.05) is 38.6 Å². The fourth-order valence-corrected chi connectivity index (χ4v) is 3.72. The van der Waals surface area contributed by atoms with Crippen molar-refractivity contribution in [2.45, 2.75) is 25.9 Å². The van der Waals surface area contributed by atoms with Gasteiger partial charge in [-0.25, -0.2) is 4.79 Å². The molecule has 0 aliphatic carbocycles. The molecule has 0 bridgehead atoms. The minimum absolute atomic E-state index is 0.0375. The highest BCUT2D eigenvalue weighted by atomic mass is 16.2. The van der Waals surface area contributed by atoms with Gasteiger partial charge in [-0.2, -0.15) is 5.10 Å². The van der Waals surface area contributed by atoms with Crippen molar-refractivity contribution >= 4 is 16.8 Å². The number of carbonyl (C=O) groups excluding carboxylic acids is 1. The van der Waals surface area contributed by atoms with E-state index in [1.54, 1.807) is 0 Å². The van der Waals surface area contributed by atoms with E-state index in [0.717, 1.165) is 38.0 Å². The summed E-state index contributed by atoms with van der Waals surface area (Å²) < 4.78 is 1.99. The molecule has 1 saturated heterocycles. The van der Waals surface area contributed by atoms with Crippen molar-refractivity contribution in [3.63, 3.8) is 0 Å². The van der Waals surface area contributed by atoms with E-state index in [1.165, 1.54) is 10.8 Å². The van der Waals surface area contributed by atoms with Gasteiger partial charge in [-0.15, -0.1) is 0 Å². The molecule has 1 fully saturated rings. The molecule has 1 N–H and O–H groups in total. The van der Waals surface area contributed by atoms with Crippen LogP contribution >= 0.6 is 0 Å². The fraction of sp³-hybridized carbons (Fsp3) is 0.333. The van der Waals surface area contributed by atoms with Crippen LogP contribution in [0.15, 0.2) is 60.9 Å². The number of hydrogen-bond donors (Lipinski definition) is 1. The Kier molecular flexibility index (Phi) is 4.86. The molecule has 1 aliphatic heterocycles. The molecule has 134 valence electrons. The number of rotatable bonds is 4. The second-order valence-electron chi connectivity index (χ2n) is 6.96. The van der Waals surface area contributed by atoms with Crippen LogP contribution in [0.2, 0.25) is 0 Å². The molecule has 1 aromatic heterocycles. The average Bonchev–Trinajstić information content (AvgIpc) is 3.19. The molecule has 2 aromatic carbocycles. The fourth-order valence-electron chi connectivity index (χ4n) is 3.72. The van der Waals surface area contributed by atoms with Gasteiger partial charge in [0.2, 0.25) is 0 Å². The molecule has 2 amide bonds. The van der Waals surface area contributed by atoms with E-state index >= 15 is 0 Å². The Morgan fingerprint density at radius 2 is 1.88 bits per heavy atom. The maximum absolute atomic E-state index is 12.5. The topological polar surface area (TPSA) is 50.2 Å². The number of urea groups is 1. The summed E-state index contributed by atoms with van der Waals surface area (Å²) in [6.07, 6.45) is 5.88. The number of aromatic nitrogens is 2. The number of carbonyl (C=O) groups is 1. The van der Waals surface area contributed by atoms with E-state index in [-0.39, 0.29) is 6.03 Å². The Bertz CT molecular complexity index is 861. The molecule has 26 heavy (non-hydrogen) atoms. The standard InChI is InChI=1S/C21H24N4O/c26-21(22-15-19-7-3-6-18-5-1-2-8-20(18)19)24-13-9-17(10-14-24)16-25-12-4-11-23-25/h1-8,11-12,17H,9-10,13-16H2,(H,22,26). The summed E-state index contributed by atoms with van der Waals surface area (Å²) in [6, 6.07) is 16.5. The highest BCUT2D eigenvalue weighted by molar-refractivity contribution is 5.86.